The molecule has 0 bridgehead atoms. The lowest BCUT2D eigenvalue weighted by molar-refractivity contribution is -0.121. The molecule has 0 atom stereocenters. The van der Waals surface area contributed by atoms with Crippen LogP contribution >= 0.6 is 24.0 Å². The Balaban J connectivity index is 2.13. The normalized spacial score (nSPS) is 16.8. The van der Waals surface area contributed by atoms with Crippen molar-refractivity contribution in [1.82, 2.24) is 4.90 Å². The fourth-order valence-corrected chi connectivity index (χ4v) is 4.14. The molecule has 0 unspecified atom stereocenters. The summed E-state index contributed by atoms with van der Waals surface area (Å²) < 4.78 is 30.8. The Morgan fingerprint density at radius 3 is 2.36 bits per heavy atom. The predicted molar refractivity (Wildman–Crippen MR) is 106 cm³/mol. The minimum Gasteiger partial charge on any atom is -0.372 e. The van der Waals surface area contributed by atoms with E-state index in [1.54, 1.807) is 6.08 Å². The van der Waals surface area contributed by atoms with Gasteiger partial charge < -0.3 is 4.90 Å². The zero-order valence-corrected chi connectivity index (χ0v) is 16.5. The van der Waals surface area contributed by atoms with Gasteiger partial charge in [0.2, 0.25) is 0 Å². The zero-order valence-electron chi connectivity index (χ0n) is 14.0. The summed E-state index contributed by atoms with van der Waals surface area (Å²) in [5.74, 6) is -0.878. The molecule has 9 heteroatoms. The van der Waals surface area contributed by atoms with Crippen molar-refractivity contribution in [3.8, 4) is 0 Å². The van der Waals surface area contributed by atoms with Gasteiger partial charge in [-0.2, -0.15) is 8.42 Å². The SMILES string of the molecule is CCN(CC)c1ccc(/C=C2\SC(=S)N(CCS(=O)(=O)O)C2=O)cc1. The number of rotatable bonds is 7. The molecule has 2 rings (SSSR count). The highest BCUT2D eigenvalue weighted by Crippen LogP contribution is 2.32. The number of carbonyl (C=O) groups is 1. The third kappa shape index (κ3) is 5.27. The molecule has 1 aromatic rings. The maximum absolute atomic E-state index is 12.4. The summed E-state index contributed by atoms with van der Waals surface area (Å²) in [6.07, 6.45) is 1.73. The number of benzene rings is 1. The van der Waals surface area contributed by atoms with Crippen LogP contribution in [0.5, 0.6) is 0 Å². The summed E-state index contributed by atoms with van der Waals surface area (Å²) in [5.41, 5.74) is 1.98. The Bertz CT molecular complexity index is 784. The minimum atomic E-state index is -4.14. The molecule has 0 saturated carbocycles. The molecule has 1 aliphatic rings. The first kappa shape index (κ1) is 19.9. The van der Waals surface area contributed by atoms with Gasteiger partial charge in [-0.3, -0.25) is 14.2 Å². The number of anilines is 1. The van der Waals surface area contributed by atoms with Crippen molar-refractivity contribution >= 4 is 56.1 Å². The van der Waals surface area contributed by atoms with Gasteiger partial charge in [-0.05, 0) is 37.6 Å². The maximum Gasteiger partial charge on any atom is 0.266 e. The fraction of sp³-hybridized carbons (Fsp3) is 0.375. The predicted octanol–water partition coefficient (Wildman–Crippen LogP) is 2.62. The van der Waals surface area contributed by atoms with Crippen LogP contribution in [0.15, 0.2) is 29.2 Å². The molecule has 1 fully saturated rings. The van der Waals surface area contributed by atoms with Crippen molar-refractivity contribution in [2.24, 2.45) is 0 Å². The van der Waals surface area contributed by atoms with Gasteiger partial charge in [-0.15, -0.1) is 0 Å². The molecule has 25 heavy (non-hydrogen) atoms. The topological polar surface area (TPSA) is 77.9 Å². The molecule has 1 heterocycles. The van der Waals surface area contributed by atoms with Crippen LogP contribution in [0, 0.1) is 0 Å². The second-order valence-corrected chi connectivity index (χ2v) is 8.63. The lowest BCUT2D eigenvalue weighted by Gasteiger charge is -2.20. The molecule has 0 aromatic heterocycles. The van der Waals surface area contributed by atoms with Crippen molar-refractivity contribution in [2.75, 3.05) is 30.3 Å². The average Bonchev–Trinajstić information content (AvgIpc) is 2.81. The second-order valence-electron chi connectivity index (χ2n) is 5.38. The molecule has 0 aliphatic carbocycles. The summed E-state index contributed by atoms with van der Waals surface area (Å²) in [7, 11) is -4.14. The molecular weight excluding hydrogens is 380 g/mol. The first-order valence-electron chi connectivity index (χ1n) is 7.80. The molecule has 1 aliphatic heterocycles. The van der Waals surface area contributed by atoms with Crippen molar-refractivity contribution in [3.05, 3.63) is 34.7 Å². The highest BCUT2D eigenvalue weighted by atomic mass is 32.2. The molecular formula is C16H20N2O4S3. The van der Waals surface area contributed by atoms with Gasteiger partial charge in [0.25, 0.3) is 16.0 Å². The third-order valence-electron chi connectivity index (χ3n) is 3.77. The van der Waals surface area contributed by atoms with Crippen LogP contribution in [-0.2, 0) is 14.9 Å². The molecule has 6 nitrogen and oxygen atoms in total. The highest BCUT2D eigenvalue weighted by molar-refractivity contribution is 8.26. The van der Waals surface area contributed by atoms with Crippen LogP contribution in [0.3, 0.4) is 0 Å². The molecule has 0 spiro atoms. The lowest BCUT2D eigenvalue weighted by Crippen LogP contribution is -2.32. The molecule has 136 valence electrons. The van der Waals surface area contributed by atoms with Gasteiger partial charge >= 0.3 is 0 Å². The van der Waals surface area contributed by atoms with Gasteiger partial charge in [0.15, 0.2) is 0 Å². The molecule has 1 amide bonds. The minimum absolute atomic E-state index is 0.151. The van der Waals surface area contributed by atoms with Crippen molar-refractivity contribution < 1.29 is 17.8 Å². The summed E-state index contributed by atoms with van der Waals surface area (Å²) in [6, 6.07) is 7.85. The summed E-state index contributed by atoms with van der Waals surface area (Å²) >= 11 is 6.26. The second kappa shape index (κ2) is 8.31. The van der Waals surface area contributed by atoms with Crippen LogP contribution in [0.25, 0.3) is 6.08 Å². The number of carbonyl (C=O) groups excluding carboxylic acids is 1. The van der Waals surface area contributed by atoms with Crippen molar-refractivity contribution in [2.45, 2.75) is 13.8 Å². The van der Waals surface area contributed by atoms with Crippen LogP contribution in [0.4, 0.5) is 5.69 Å². The number of hydrogen-bond donors (Lipinski definition) is 1. The first-order valence-corrected chi connectivity index (χ1v) is 10.6. The van der Waals surface area contributed by atoms with E-state index in [2.05, 4.69) is 18.7 Å². The quantitative estimate of drug-likeness (QED) is 0.428. The monoisotopic (exact) mass is 400 g/mol. The lowest BCUT2D eigenvalue weighted by atomic mass is 10.1. The zero-order chi connectivity index (χ0) is 18.6. The van der Waals surface area contributed by atoms with E-state index in [0.717, 1.165) is 36.1 Å². The van der Waals surface area contributed by atoms with Gasteiger partial charge in [0.1, 0.15) is 4.32 Å². The smallest absolute Gasteiger partial charge is 0.266 e. The highest BCUT2D eigenvalue weighted by Gasteiger charge is 2.32. The molecule has 0 radical (unpaired) electrons. The largest absolute Gasteiger partial charge is 0.372 e. The van der Waals surface area contributed by atoms with E-state index in [9.17, 15) is 13.2 Å². The van der Waals surface area contributed by atoms with E-state index in [4.69, 9.17) is 16.8 Å². The number of hydrogen-bond acceptors (Lipinski definition) is 6. The van der Waals surface area contributed by atoms with Crippen LogP contribution in [0.2, 0.25) is 0 Å². The van der Waals surface area contributed by atoms with E-state index in [1.807, 2.05) is 24.3 Å². The van der Waals surface area contributed by atoms with Gasteiger partial charge in [0.05, 0.1) is 10.7 Å². The summed E-state index contributed by atoms with van der Waals surface area (Å²) in [4.78, 5) is 16.2. The number of thioether (sulfide) groups is 1. The van der Waals surface area contributed by atoms with E-state index in [-0.39, 0.29) is 12.5 Å². The van der Waals surface area contributed by atoms with E-state index >= 15 is 0 Å². The Morgan fingerprint density at radius 2 is 1.84 bits per heavy atom. The summed E-state index contributed by atoms with van der Waals surface area (Å²) in [6.45, 7) is 5.87. The fourth-order valence-electron chi connectivity index (χ4n) is 2.42. The summed E-state index contributed by atoms with van der Waals surface area (Å²) in [5, 5.41) is 0. The standard InChI is InChI=1S/C16H20N2O4S3/c1-3-17(4-2)13-7-5-12(6-8-13)11-14-15(19)18(16(23)24-14)9-10-25(20,21)22/h5-8,11H,3-4,9-10H2,1-2H3,(H,20,21,22)/b14-11-. The molecule has 1 N–H and O–H groups in total. The Labute approximate surface area is 157 Å². The Kier molecular flexibility index (Phi) is 6.61. The Hall–Kier alpha value is -1.42. The molecule has 1 saturated heterocycles. The number of thiocarbonyl (C=S) groups is 1. The van der Waals surface area contributed by atoms with Crippen LogP contribution in [-0.4, -0.2) is 53.5 Å². The van der Waals surface area contributed by atoms with E-state index in [1.165, 1.54) is 4.90 Å². The van der Waals surface area contributed by atoms with E-state index < -0.39 is 15.9 Å². The van der Waals surface area contributed by atoms with Crippen LogP contribution < -0.4 is 4.90 Å². The average molecular weight is 401 g/mol. The van der Waals surface area contributed by atoms with Gasteiger partial charge in [0, 0.05) is 25.3 Å². The van der Waals surface area contributed by atoms with Gasteiger partial charge in [-0.25, -0.2) is 0 Å². The van der Waals surface area contributed by atoms with Crippen molar-refractivity contribution in [1.29, 1.82) is 0 Å². The Morgan fingerprint density at radius 1 is 1.24 bits per heavy atom. The number of nitrogens with zero attached hydrogens (tertiary/aromatic N) is 2. The van der Waals surface area contributed by atoms with Crippen LogP contribution in [0.1, 0.15) is 19.4 Å². The molecule has 1 aromatic carbocycles. The first-order chi connectivity index (χ1) is 11.7. The van der Waals surface area contributed by atoms with E-state index in [0.29, 0.717) is 9.23 Å². The van der Waals surface area contributed by atoms with Crippen molar-refractivity contribution in [3.63, 3.8) is 0 Å². The maximum atomic E-state index is 12.4. The third-order valence-corrected chi connectivity index (χ3v) is 5.84. The number of amides is 1. The van der Waals surface area contributed by atoms with Gasteiger partial charge in [-0.1, -0.05) is 36.1 Å².